The summed E-state index contributed by atoms with van der Waals surface area (Å²) in [7, 11) is 0. The Morgan fingerprint density at radius 2 is 2.10 bits per heavy atom. The molecule has 20 heavy (non-hydrogen) atoms. The Morgan fingerprint density at radius 1 is 1.30 bits per heavy atom. The van der Waals surface area contributed by atoms with E-state index >= 15 is 0 Å². The van der Waals surface area contributed by atoms with Crippen molar-refractivity contribution in [2.75, 3.05) is 13.1 Å². The van der Waals surface area contributed by atoms with Gasteiger partial charge in [0.2, 0.25) is 0 Å². The van der Waals surface area contributed by atoms with Crippen LogP contribution in [0.2, 0.25) is 5.02 Å². The maximum Gasteiger partial charge on any atom is 0.123 e. The second kappa shape index (κ2) is 7.42. The van der Waals surface area contributed by atoms with Crippen LogP contribution in [0.1, 0.15) is 38.7 Å². The minimum Gasteiger partial charge on any atom is -0.317 e. The van der Waals surface area contributed by atoms with E-state index in [-0.39, 0.29) is 5.82 Å². The zero-order chi connectivity index (χ0) is 14.5. The third-order valence-corrected chi connectivity index (χ3v) is 4.92. The standard InChI is InChI=1S/C17H25ClFN/c1-3-20-11-13-5-4-12(2)8-14(13)9-15-10-16(19)6-7-17(15)18/h6-7,10,12-14,20H,3-5,8-9,11H2,1-2H3. The third kappa shape index (κ3) is 4.20. The Labute approximate surface area is 126 Å². The van der Waals surface area contributed by atoms with Crippen molar-refractivity contribution in [3.8, 4) is 0 Å². The molecule has 0 saturated heterocycles. The predicted octanol–water partition coefficient (Wildman–Crippen LogP) is 4.68. The van der Waals surface area contributed by atoms with Gasteiger partial charge in [0, 0.05) is 5.02 Å². The number of rotatable bonds is 5. The molecule has 1 fully saturated rings. The highest BCUT2D eigenvalue weighted by atomic mass is 35.5. The van der Waals surface area contributed by atoms with Crippen LogP contribution in [0.4, 0.5) is 4.39 Å². The molecule has 1 aromatic rings. The van der Waals surface area contributed by atoms with E-state index in [0.29, 0.717) is 16.9 Å². The molecule has 3 atom stereocenters. The lowest BCUT2D eigenvalue weighted by atomic mass is 9.72. The molecule has 0 aromatic heterocycles. The smallest absolute Gasteiger partial charge is 0.123 e. The fraction of sp³-hybridized carbons (Fsp3) is 0.647. The highest BCUT2D eigenvalue weighted by Crippen LogP contribution is 2.36. The molecule has 1 nitrogen and oxygen atoms in total. The van der Waals surface area contributed by atoms with Gasteiger partial charge in [0.05, 0.1) is 0 Å². The minimum atomic E-state index is -0.184. The van der Waals surface area contributed by atoms with Crippen molar-refractivity contribution < 1.29 is 4.39 Å². The number of nitrogens with one attached hydrogen (secondary N) is 1. The summed E-state index contributed by atoms with van der Waals surface area (Å²) in [5, 5.41) is 4.17. The van der Waals surface area contributed by atoms with Gasteiger partial charge >= 0.3 is 0 Å². The van der Waals surface area contributed by atoms with Gasteiger partial charge in [0.15, 0.2) is 0 Å². The molecule has 1 N–H and O–H groups in total. The Kier molecular flexibility index (Phi) is 5.86. The van der Waals surface area contributed by atoms with Gasteiger partial charge < -0.3 is 5.32 Å². The molecule has 0 spiro atoms. The van der Waals surface area contributed by atoms with Crippen LogP contribution in [0.25, 0.3) is 0 Å². The quantitative estimate of drug-likeness (QED) is 0.832. The van der Waals surface area contributed by atoms with Crippen LogP contribution >= 0.6 is 11.6 Å². The average molecular weight is 298 g/mol. The molecule has 3 heteroatoms. The normalized spacial score (nSPS) is 26.7. The van der Waals surface area contributed by atoms with E-state index in [2.05, 4.69) is 19.2 Å². The molecule has 1 aliphatic rings. The maximum absolute atomic E-state index is 13.4. The van der Waals surface area contributed by atoms with Gasteiger partial charge in [-0.1, -0.05) is 31.9 Å². The molecular formula is C17H25ClFN. The van der Waals surface area contributed by atoms with Gasteiger partial charge in [-0.25, -0.2) is 4.39 Å². The second-order valence-electron chi connectivity index (χ2n) is 6.19. The predicted molar refractivity (Wildman–Crippen MR) is 83.7 cm³/mol. The zero-order valence-electron chi connectivity index (χ0n) is 12.5. The molecule has 0 heterocycles. The summed E-state index contributed by atoms with van der Waals surface area (Å²) in [5.74, 6) is 1.88. The van der Waals surface area contributed by atoms with Crippen molar-refractivity contribution >= 4 is 11.6 Å². The zero-order valence-corrected chi connectivity index (χ0v) is 13.2. The summed E-state index contributed by atoms with van der Waals surface area (Å²) < 4.78 is 13.4. The summed E-state index contributed by atoms with van der Waals surface area (Å²) >= 11 is 6.22. The van der Waals surface area contributed by atoms with E-state index in [1.165, 1.54) is 25.3 Å². The molecular weight excluding hydrogens is 273 g/mol. The van der Waals surface area contributed by atoms with E-state index in [9.17, 15) is 4.39 Å². The Hall–Kier alpha value is -0.600. The number of hydrogen-bond donors (Lipinski definition) is 1. The molecule has 0 bridgehead atoms. The van der Waals surface area contributed by atoms with Crippen LogP contribution in [-0.4, -0.2) is 13.1 Å². The summed E-state index contributed by atoms with van der Waals surface area (Å²) in [6.45, 7) is 6.55. The number of hydrogen-bond acceptors (Lipinski definition) is 1. The molecule has 0 radical (unpaired) electrons. The van der Waals surface area contributed by atoms with Crippen LogP contribution in [-0.2, 0) is 6.42 Å². The fourth-order valence-corrected chi connectivity index (χ4v) is 3.59. The molecule has 1 saturated carbocycles. The first-order valence-electron chi connectivity index (χ1n) is 7.74. The minimum absolute atomic E-state index is 0.184. The van der Waals surface area contributed by atoms with Crippen molar-refractivity contribution in [2.24, 2.45) is 17.8 Å². The largest absolute Gasteiger partial charge is 0.317 e. The monoisotopic (exact) mass is 297 g/mol. The van der Waals surface area contributed by atoms with Gasteiger partial charge in [-0.3, -0.25) is 0 Å². The molecule has 0 amide bonds. The molecule has 1 aliphatic carbocycles. The van der Waals surface area contributed by atoms with Crippen molar-refractivity contribution in [1.29, 1.82) is 0 Å². The van der Waals surface area contributed by atoms with E-state index in [1.54, 1.807) is 12.1 Å². The molecule has 112 valence electrons. The molecule has 0 aliphatic heterocycles. The first kappa shape index (κ1) is 15.8. The first-order valence-corrected chi connectivity index (χ1v) is 8.12. The Bertz CT molecular complexity index is 433. The average Bonchev–Trinajstić information content (AvgIpc) is 2.42. The summed E-state index contributed by atoms with van der Waals surface area (Å²) in [6.07, 6.45) is 4.70. The number of benzene rings is 1. The maximum atomic E-state index is 13.4. The van der Waals surface area contributed by atoms with Gasteiger partial charge in [0.1, 0.15) is 5.82 Å². The Morgan fingerprint density at radius 3 is 2.85 bits per heavy atom. The first-order chi connectivity index (χ1) is 9.60. The van der Waals surface area contributed by atoms with Gasteiger partial charge in [-0.2, -0.15) is 0 Å². The summed E-state index contributed by atoms with van der Waals surface area (Å²) in [5.41, 5.74) is 0.965. The van der Waals surface area contributed by atoms with E-state index < -0.39 is 0 Å². The number of halogens is 2. The van der Waals surface area contributed by atoms with Crippen LogP contribution in [0.15, 0.2) is 18.2 Å². The molecule has 3 unspecified atom stereocenters. The lowest BCUT2D eigenvalue weighted by molar-refractivity contribution is 0.184. The summed E-state index contributed by atoms with van der Waals surface area (Å²) in [4.78, 5) is 0. The highest BCUT2D eigenvalue weighted by Gasteiger charge is 2.28. The van der Waals surface area contributed by atoms with E-state index in [4.69, 9.17) is 11.6 Å². The van der Waals surface area contributed by atoms with Gasteiger partial charge in [-0.05, 0) is 73.9 Å². The second-order valence-corrected chi connectivity index (χ2v) is 6.59. The third-order valence-electron chi connectivity index (χ3n) is 4.55. The van der Waals surface area contributed by atoms with Crippen LogP contribution < -0.4 is 5.32 Å². The highest BCUT2D eigenvalue weighted by molar-refractivity contribution is 6.31. The topological polar surface area (TPSA) is 12.0 Å². The lowest BCUT2D eigenvalue weighted by Gasteiger charge is -2.35. The molecule has 1 aromatic carbocycles. The van der Waals surface area contributed by atoms with E-state index in [0.717, 1.165) is 31.0 Å². The summed E-state index contributed by atoms with van der Waals surface area (Å²) in [6, 6.07) is 4.72. The fourth-order valence-electron chi connectivity index (χ4n) is 3.39. The Balaban J connectivity index is 2.08. The molecule has 2 rings (SSSR count). The van der Waals surface area contributed by atoms with Gasteiger partial charge in [-0.15, -0.1) is 0 Å². The lowest BCUT2D eigenvalue weighted by Crippen LogP contribution is -2.33. The van der Waals surface area contributed by atoms with Crippen molar-refractivity contribution in [1.82, 2.24) is 5.32 Å². The van der Waals surface area contributed by atoms with Crippen LogP contribution in [0.3, 0.4) is 0 Å². The van der Waals surface area contributed by atoms with Crippen LogP contribution in [0.5, 0.6) is 0 Å². The van der Waals surface area contributed by atoms with E-state index in [1.807, 2.05) is 0 Å². The van der Waals surface area contributed by atoms with Gasteiger partial charge in [0.25, 0.3) is 0 Å². The van der Waals surface area contributed by atoms with Crippen molar-refractivity contribution in [3.63, 3.8) is 0 Å². The SMILES string of the molecule is CCNCC1CCC(C)CC1Cc1cc(F)ccc1Cl. The van der Waals surface area contributed by atoms with Crippen LogP contribution in [0, 0.1) is 23.6 Å². The van der Waals surface area contributed by atoms with Crippen molar-refractivity contribution in [2.45, 2.75) is 39.5 Å². The van der Waals surface area contributed by atoms with Crippen molar-refractivity contribution in [3.05, 3.63) is 34.6 Å².